The molecule has 1 atom stereocenters. The number of nitrogens with zero attached hydrogens (tertiary/aromatic N) is 1. The Kier molecular flexibility index (Phi) is 3.78. The second-order valence-electron chi connectivity index (χ2n) is 4.07. The molecule has 5 N–H and O–H groups in total. The summed E-state index contributed by atoms with van der Waals surface area (Å²) in [6, 6.07) is 8.02. The average molecular weight is 248 g/mol. The lowest BCUT2D eigenvalue weighted by Crippen LogP contribution is -2.38. The van der Waals surface area contributed by atoms with Crippen LogP contribution in [0.25, 0.3) is 0 Å². The molecule has 2 rings (SSSR count). The summed E-state index contributed by atoms with van der Waals surface area (Å²) in [6.45, 7) is 0.598. The Hall–Kier alpha value is -2.08. The van der Waals surface area contributed by atoms with Gasteiger partial charge in [0.05, 0.1) is 0 Å². The van der Waals surface area contributed by atoms with Crippen LogP contribution in [0.2, 0.25) is 0 Å². The summed E-state index contributed by atoms with van der Waals surface area (Å²) in [4.78, 5) is 14.7. The van der Waals surface area contributed by atoms with Crippen LogP contribution in [0, 0.1) is 0 Å². The summed E-state index contributed by atoms with van der Waals surface area (Å²) in [5.41, 5.74) is 7.98. The molecule has 1 aromatic carbocycles. The number of guanidine groups is 1. The highest BCUT2D eigenvalue weighted by Gasteiger charge is 2.18. The third-order valence-electron chi connectivity index (χ3n) is 2.77. The van der Waals surface area contributed by atoms with Crippen LogP contribution in [0.1, 0.15) is 17.3 Å². The van der Waals surface area contributed by atoms with Crippen molar-refractivity contribution < 1.29 is 9.90 Å². The molecule has 1 aliphatic rings. The first-order valence-corrected chi connectivity index (χ1v) is 5.77. The summed E-state index contributed by atoms with van der Waals surface area (Å²) in [7, 11) is 0. The quantitative estimate of drug-likeness (QED) is 0.439. The molecular formula is C12H16N4O2. The second-order valence-corrected chi connectivity index (χ2v) is 4.07. The van der Waals surface area contributed by atoms with Crippen LogP contribution >= 0.6 is 0 Å². The van der Waals surface area contributed by atoms with Crippen LogP contribution < -0.4 is 16.4 Å². The van der Waals surface area contributed by atoms with Crippen molar-refractivity contribution in [3.63, 3.8) is 0 Å². The lowest BCUT2D eigenvalue weighted by atomic mass is 9.99. The number of aliphatic carboxylic acids is 1. The first-order chi connectivity index (χ1) is 8.66. The van der Waals surface area contributed by atoms with E-state index in [9.17, 15) is 4.79 Å². The molecule has 1 aromatic rings. The molecule has 1 aliphatic heterocycles. The maximum atomic E-state index is 10.4. The van der Waals surface area contributed by atoms with Gasteiger partial charge in [-0.15, -0.1) is 0 Å². The van der Waals surface area contributed by atoms with Crippen LogP contribution in [0.3, 0.4) is 0 Å². The van der Waals surface area contributed by atoms with Crippen molar-refractivity contribution in [2.45, 2.75) is 12.6 Å². The van der Waals surface area contributed by atoms with Gasteiger partial charge in [-0.3, -0.25) is 10.1 Å². The van der Waals surface area contributed by atoms with Gasteiger partial charge in [-0.1, -0.05) is 24.3 Å². The van der Waals surface area contributed by atoms with E-state index in [0.29, 0.717) is 0 Å². The predicted molar refractivity (Wildman–Crippen MR) is 68.2 cm³/mol. The number of hydrogen-bond acceptors (Lipinski definition) is 3. The molecule has 1 unspecified atom stereocenters. The average Bonchev–Trinajstić information content (AvgIpc) is 2.37. The molecule has 0 saturated carbocycles. The van der Waals surface area contributed by atoms with E-state index >= 15 is 0 Å². The SMILES string of the molecule is NC(=NC1NCCc2ccccc21)NCC(=O)O. The number of carboxylic acids is 1. The van der Waals surface area contributed by atoms with Gasteiger partial charge >= 0.3 is 5.97 Å². The summed E-state index contributed by atoms with van der Waals surface area (Å²) < 4.78 is 0. The van der Waals surface area contributed by atoms with E-state index in [1.807, 2.05) is 18.2 Å². The number of hydrogen-bond donors (Lipinski definition) is 4. The number of nitrogens with two attached hydrogens (primary N) is 1. The van der Waals surface area contributed by atoms with E-state index < -0.39 is 5.97 Å². The summed E-state index contributed by atoms with van der Waals surface area (Å²) >= 11 is 0. The molecule has 6 nitrogen and oxygen atoms in total. The van der Waals surface area contributed by atoms with Crippen molar-refractivity contribution in [3.05, 3.63) is 35.4 Å². The fourth-order valence-corrected chi connectivity index (χ4v) is 1.95. The van der Waals surface area contributed by atoms with E-state index in [4.69, 9.17) is 10.8 Å². The zero-order valence-corrected chi connectivity index (χ0v) is 9.89. The maximum Gasteiger partial charge on any atom is 0.322 e. The van der Waals surface area contributed by atoms with Crippen molar-refractivity contribution in [2.24, 2.45) is 10.7 Å². The van der Waals surface area contributed by atoms with E-state index in [0.717, 1.165) is 18.5 Å². The fourth-order valence-electron chi connectivity index (χ4n) is 1.95. The molecule has 0 radical (unpaired) electrons. The van der Waals surface area contributed by atoms with E-state index in [-0.39, 0.29) is 18.7 Å². The number of carbonyl (C=O) groups is 1. The van der Waals surface area contributed by atoms with Gasteiger partial charge in [0.25, 0.3) is 0 Å². The number of aliphatic imine (C=N–C) groups is 1. The molecule has 96 valence electrons. The molecular weight excluding hydrogens is 232 g/mol. The van der Waals surface area contributed by atoms with Crippen LogP contribution in [0.5, 0.6) is 0 Å². The van der Waals surface area contributed by atoms with Gasteiger partial charge < -0.3 is 16.2 Å². The van der Waals surface area contributed by atoms with Gasteiger partial charge in [0.2, 0.25) is 0 Å². The van der Waals surface area contributed by atoms with Gasteiger partial charge in [0, 0.05) is 6.54 Å². The van der Waals surface area contributed by atoms with Gasteiger partial charge in [0.15, 0.2) is 5.96 Å². The highest BCUT2D eigenvalue weighted by molar-refractivity contribution is 5.82. The van der Waals surface area contributed by atoms with Gasteiger partial charge in [-0.2, -0.15) is 0 Å². The minimum Gasteiger partial charge on any atom is -0.480 e. The smallest absolute Gasteiger partial charge is 0.322 e. The van der Waals surface area contributed by atoms with E-state index in [1.165, 1.54) is 5.56 Å². The van der Waals surface area contributed by atoms with Crippen LogP contribution in [-0.2, 0) is 11.2 Å². The zero-order chi connectivity index (χ0) is 13.0. The Morgan fingerprint density at radius 1 is 1.56 bits per heavy atom. The Morgan fingerprint density at radius 3 is 3.11 bits per heavy atom. The van der Waals surface area contributed by atoms with Crippen molar-refractivity contribution in [1.29, 1.82) is 0 Å². The normalized spacial score (nSPS) is 19.1. The minimum absolute atomic E-state index is 0.131. The number of nitrogens with one attached hydrogen (secondary N) is 2. The van der Waals surface area contributed by atoms with Crippen molar-refractivity contribution in [2.75, 3.05) is 13.1 Å². The number of benzene rings is 1. The fraction of sp³-hybridized carbons (Fsp3) is 0.333. The lowest BCUT2D eigenvalue weighted by Gasteiger charge is -2.24. The standard InChI is InChI=1S/C12H16N4O2/c13-12(15-7-10(17)18)16-11-9-4-2-1-3-8(9)5-6-14-11/h1-4,11,14H,5-7H2,(H,17,18)(H3,13,15,16). The van der Waals surface area contributed by atoms with E-state index in [1.54, 1.807) is 0 Å². The van der Waals surface area contributed by atoms with Crippen molar-refractivity contribution in [1.82, 2.24) is 10.6 Å². The minimum atomic E-state index is -0.967. The summed E-state index contributed by atoms with van der Waals surface area (Å²) in [5.74, 6) is -0.836. The molecule has 1 heterocycles. The van der Waals surface area contributed by atoms with Crippen LogP contribution in [0.15, 0.2) is 29.3 Å². The first-order valence-electron chi connectivity index (χ1n) is 5.77. The molecule has 0 spiro atoms. The Balaban J connectivity index is 2.10. The molecule has 0 amide bonds. The zero-order valence-electron chi connectivity index (χ0n) is 9.89. The van der Waals surface area contributed by atoms with Gasteiger partial charge in [0.1, 0.15) is 12.7 Å². The molecule has 18 heavy (non-hydrogen) atoms. The third-order valence-corrected chi connectivity index (χ3v) is 2.77. The van der Waals surface area contributed by atoms with Crippen LogP contribution in [-0.4, -0.2) is 30.1 Å². The Morgan fingerprint density at radius 2 is 2.33 bits per heavy atom. The summed E-state index contributed by atoms with van der Waals surface area (Å²) in [5, 5.41) is 14.3. The van der Waals surface area contributed by atoms with E-state index in [2.05, 4.69) is 21.7 Å². The van der Waals surface area contributed by atoms with Crippen molar-refractivity contribution >= 4 is 11.9 Å². The number of carboxylic acid groups (broad SMARTS) is 1. The summed E-state index contributed by atoms with van der Waals surface area (Å²) in [6.07, 6.45) is 0.751. The maximum absolute atomic E-state index is 10.4. The largest absolute Gasteiger partial charge is 0.480 e. The van der Waals surface area contributed by atoms with Gasteiger partial charge in [-0.05, 0) is 17.5 Å². The highest BCUT2D eigenvalue weighted by atomic mass is 16.4. The molecule has 6 heteroatoms. The molecule has 0 aromatic heterocycles. The Labute approximate surface area is 105 Å². The third kappa shape index (κ3) is 2.98. The number of rotatable bonds is 3. The monoisotopic (exact) mass is 248 g/mol. The second kappa shape index (κ2) is 5.50. The first kappa shape index (κ1) is 12.4. The topological polar surface area (TPSA) is 99.7 Å². The van der Waals surface area contributed by atoms with Crippen LogP contribution in [0.4, 0.5) is 0 Å². The molecule has 0 aliphatic carbocycles. The Bertz CT molecular complexity index is 473. The molecule has 0 saturated heterocycles. The lowest BCUT2D eigenvalue weighted by molar-refractivity contribution is -0.135. The molecule has 0 fully saturated rings. The highest BCUT2D eigenvalue weighted by Crippen LogP contribution is 2.23. The van der Waals surface area contributed by atoms with Crippen molar-refractivity contribution in [3.8, 4) is 0 Å². The molecule has 0 bridgehead atoms. The van der Waals surface area contributed by atoms with Gasteiger partial charge in [-0.25, -0.2) is 4.99 Å². The predicted octanol–water partition coefficient (Wildman–Crippen LogP) is -0.180. The number of fused-ring (bicyclic) bond motifs is 1.